The van der Waals surface area contributed by atoms with E-state index in [0.29, 0.717) is 19.0 Å². The molecule has 1 aromatic carbocycles. The SMILES string of the molecule is CCNC(=NCc1ccnn1C)NCC(C)(O)c1ccccc1. The summed E-state index contributed by atoms with van der Waals surface area (Å²) in [7, 11) is 1.89. The van der Waals surface area contributed by atoms with Gasteiger partial charge in [-0.15, -0.1) is 0 Å². The van der Waals surface area contributed by atoms with Gasteiger partial charge >= 0.3 is 0 Å². The molecule has 124 valence electrons. The first-order chi connectivity index (χ1) is 11.0. The lowest BCUT2D eigenvalue weighted by atomic mass is 9.96. The van der Waals surface area contributed by atoms with Crippen LogP contribution < -0.4 is 10.6 Å². The molecule has 2 aromatic rings. The Morgan fingerprint density at radius 1 is 1.26 bits per heavy atom. The van der Waals surface area contributed by atoms with E-state index >= 15 is 0 Å². The number of hydrogen-bond donors (Lipinski definition) is 3. The van der Waals surface area contributed by atoms with Gasteiger partial charge in [-0.05, 0) is 25.5 Å². The van der Waals surface area contributed by atoms with Crippen molar-refractivity contribution in [3.8, 4) is 0 Å². The van der Waals surface area contributed by atoms with E-state index in [1.54, 1.807) is 17.8 Å². The number of benzene rings is 1. The van der Waals surface area contributed by atoms with Gasteiger partial charge in [0.25, 0.3) is 0 Å². The average Bonchev–Trinajstić information content (AvgIpc) is 2.96. The highest BCUT2D eigenvalue weighted by molar-refractivity contribution is 5.79. The average molecular weight is 315 g/mol. The van der Waals surface area contributed by atoms with Crippen LogP contribution >= 0.6 is 0 Å². The van der Waals surface area contributed by atoms with Crippen LogP contribution in [0.1, 0.15) is 25.1 Å². The fraction of sp³-hybridized carbons (Fsp3) is 0.412. The standard InChI is InChI=1S/C17H25N5O/c1-4-18-16(19-12-15-10-11-21-22(15)3)20-13-17(2,23)14-8-6-5-7-9-14/h5-11,23H,4,12-13H2,1-3H3,(H2,18,19,20). The second-order valence-electron chi connectivity index (χ2n) is 5.63. The van der Waals surface area contributed by atoms with Crippen LogP contribution in [0.3, 0.4) is 0 Å². The Morgan fingerprint density at radius 3 is 2.61 bits per heavy atom. The third kappa shape index (κ3) is 4.82. The third-order valence-corrected chi connectivity index (χ3v) is 3.66. The summed E-state index contributed by atoms with van der Waals surface area (Å²) in [6.45, 7) is 5.45. The third-order valence-electron chi connectivity index (χ3n) is 3.66. The van der Waals surface area contributed by atoms with Crippen molar-refractivity contribution in [1.82, 2.24) is 20.4 Å². The van der Waals surface area contributed by atoms with Crippen molar-refractivity contribution in [3.63, 3.8) is 0 Å². The Kier molecular flexibility index (Phi) is 5.76. The molecule has 6 heteroatoms. The van der Waals surface area contributed by atoms with E-state index in [0.717, 1.165) is 17.8 Å². The molecule has 0 aliphatic carbocycles. The summed E-state index contributed by atoms with van der Waals surface area (Å²) in [5.41, 5.74) is 0.927. The van der Waals surface area contributed by atoms with Gasteiger partial charge in [-0.1, -0.05) is 30.3 Å². The second kappa shape index (κ2) is 7.78. The van der Waals surface area contributed by atoms with E-state index < -0.39 is 5.60 Å². The number of nitrogens with zero attached hydrogens (tertiary/aromatic N) is 3. The van der Waals surface area contributed by atoms with Crippen molar-refractivity contribution in [2.24, 2.45) is 12.0 Å². The Bertz CT molecular complexity index is 633. The molecule has 0 aliphatic heterocycles. The maximum absolute atomic E-state index is 10.6. The number of guanidine groups is 1. The van der Waals surface area contributed by atoms with Crippen LogP contribution in [0, 0.1) is 0 Å². The van der Waals surface area contributed by atoms with Crippen molar-refractivity contribution >= 4 is 5.96 Å². The molecule has 1 heterocycles. The molecular weight excluding hydrogens is 290 g/mol. The number of aromatic nitrogens is 2. The maximum atomic E-state index is 10.6. The maximum Gasteiger partial charge on any atom is 0.191 e. The molecular formula is C17H25N5O. The second-order valence-corrected chi connectivity index (χ2v) is 5.63. The van der Waals surface area contributed by atoms with Crippen molar-refractivity contribution in [3.05, 3.63) is 53.9 Å². The highest BCUT2D eigenvalue weighted by Gasteiger charge is 2.22. The summed E-state index contributed by atoms with van der Waals surface area (Å²) < 4.78 is 1.80. The topological polar surface area (TPSA) is 74.5 Å². The summed E-state index contributed by atoms with van der Waals surface area (Å²) in [5, 5.41) is 21.2. The molecule has 6 nitrogen and oxygen atoms in total. The summed E-state index contributed by atoms with van der Waals surface area (Å²) in [6, 6.07) is 11.6. The van der Waals surface area contributed by atoms with E-state index in [9.17, 15) is 5.11 Å². The van der Waals surface area contributed by atoms with Crippen molar-refractivity contribution in [1.29, 1.82) is 0 Å². The zero-order valence-electron chi connectivity index (χ0n) is 14.0. The number of nitrogens with one attached hydrogen (secondary N) is 2. The van der Waals surface area contributed by atoms with Gasteiger partial charge in [0.2, 0.25) is 0 Å². The normalized spacial score (nSPS) is 14.3. The Labute approximate surface area is 137 Å². The van der Waals surface area contributed by atoms with Gasteiger partial charge in [-0.2, -0.15) is 5.10 Å². The highest BCUT2D eigenvalue weighted by Crippen LogP contribution is 2.18. The van der Waals surface area contributed by atoms with Gasteiger partial charge in [0.15, 0.2) is 5.96 Å². The first-order valence-corrected chi connectivity index (χ1v) is 7.80. The molecule has 0 radical (unpaired) electrons. The predicted molar refractivity (Wildman–Crippen MR) is 92.0 cm³/mol. The Hall–Kier alpha value is -2.34. The Morgan fingerprint density at radius 2 is 2.00 bits per heavy atom. The Balaban J connectivity index is 2.00. The number of aliphatic hydroxyl groups is 1. The molecule has 0 spiro atoms. The van der Waals surface area contributed by atoms with Gasteiger partial charge in [0.1, 0.15) is 5.60 Å². The summed E-state index contributed by atoms with van der Waals surface area (Å²) in [6.07, 6.45) is 1.76. The van der Waals surface area contributed by atoms with Crippen molar-refractivity contribution in [2.45, 2.75) is 26.0 Å². The molecule has 0 saturated carbocycles. The van der Waals surface area contributed by atoms with Crippen LogP contribution in [0.5, 0.6) is 0 Å². The molecule has 0 aliphatic rings. The number of aliphatic imine (C=N–C) groups is 1. The first-order valence-electron chi connectivity index (χ1n) is 7.80. The van der Waals surface area contributed by atoms with Gasteiger partial charge in [-0.3, -0.25) is 4.68 Å². The lowest BCUT2D eigenvalue weighted by Gasteiger charge is -2.25. The van der Waals surface area contributed by atoms with Crippen molar-refractivity contribution in [2.75, 3.05) is 13.1 Å². The molecule has 3 N–H and O–H groups in total. The predicted octanol–water partition coefficient (Wildman–Crippen LogP) is 1.38. The van der Waals surface area contributed by atoms with Crippen LogP contribution in [0.25, 0.3) is 0 Å². The van der Waals surface area contributed by atoms with E-state index in [2.05, 4.69) is 20.7 Å². The minimum absolute atomic E-state index is 0.369. The molecule has 1 aromatic heterocycles. The molecule has 1 atom stereocenters. The van der Waals surface area contributed by atoms with Crippen LogP contribution in [-0.4, -0.2) is 33.9 Å². The monoisotopic (exact) mass is 315 g/mol. The highest BCUT2D eigenvalue weighted by atomic mass is 16.3. The fourth-order valence-corrected chi connectivity index (χ4v) is 2.21. The number of hydrogen-bond acceptors (Lipinski definition) is 3. The number of aryl methyl sites for hydroxylation is 1. The molecule has 0 saturated heterocycles. The largest absolute Gasteiger partial charge is 0.384 e. The van der Waals surface area contributed by atoms with Gasteiger partial charge < -0.3 is 15.7 Å². The van der Waals surface area contributed by atoms with E-state index in [4.69, 9.17) is 0 Å². The molecule has 1 unspecified atom stereocenters. The zero-order chi connectivity index (χ0) is 16.7. The van der Waals surface area contributed by atoms with Crippen LogP contribution in [0.4, 0.5) is 0 Å². The fourth-order valence-electron chi connectivity index (χ4n) is 2.21. The number of rotatable bonds is 6. The van der Waals surface area contributed by atoms with Gasteiger partial charge in [0, 0.05) is 19.8 Å². The first kappa shape index (κ1) is 17.0. The summed E-state index contributed by atoms with van der Waals surface area (Å²) in [4.78, 5) is 4.54. The van der Waals surface area contributed by atoms with Gasteiger partial charge in [0.05, 0.1) is 18.8 Å². The quantitative estimate of drug-likeness (QED) is 0.556. The summed E-state index contributed by atoms with van der Waals surface area (Å²) >= 11 is 0. The lowest BCUT2D eigenvalue weighted by molar-refractivity contribution is 0.0617. The van der Waals surface area contributed by atoms with E-state index in [1.807, 2.05) is 50.4 Å². The zero-order valence-corrected chi connectivity index (χ0v) is 14.0. The molecule has 0 fully saturated rings. The van der Waals surface area contributed by atoms with E-state index in [-0.39, 0.29) is 0 Å². The van der Waals surface area contributed by atoms with Crippen molar-refractivity contribution < 1.29 is 5.11 Å². The minimum Gasteiger partial charge on any atom is -0.384 e. The minimum atomic E-state index is -0.968. The van der Waals surface area contributed by atoms with Crippen LogP contribution in [-0.2, 0) is 19.2 Å². The van der Waals surface area contributed by atoms with E-state index in [1.165, 1.54) is 0 Å². The lowest BCUT2D eigenvalue weighted by Crippen LogP contribution is -2.44. The van der Waals surface area contributed by atoms with Crippen LogP contribution in [0.15, 0.2) is 47.6 Å². The smallest absolute Gasteiger partial charge is 0.191 e. The molecule has 0 amide bonds. The molecule has 0 bridgehead atoms. The van der Waals surface area contributed by atoms with Crippen LogP contribution in [0.2, 0.25) is 0 Å². The summed E-state index contributed by atoms with van der Waals surface area (Å²) in [5.74, 6) is 0.671. The van der Waals surface area contributed by atoms with Gasteiger partial charge in [-0.25, -0.2) is 4.99 Å². The molecule has 2 rings (SSSR count). The molecule has 23 heavy (non-hydrogen) atoms.